The predicted octanol–water partition coefficient (Wildman–Crippen LogP) is 1.61. The van der Waals surface area contributed by atoms with Crippen molar-refractivity contribution in [3.8, 4) is 11.5 Å². The molecule has 0 atom stereocenters. The molecule has 2 heterocycles. The van der Waals surface area contributed by atoms with Gasteiger partial charge in [0.1, 0.15) is 0 Å². The number of H-pyrrole nitrogens is 1. The number of methoxy groups -OCH3 is 1. The molecule has 2 aliphatic rings. The van der Waals surface area contributed by atoms with Crippen molar-refractivity contribution in [1.29, 1.82) is 0 Å². The zero-order valence-electron chi connectivity index (χ0n) is 15.0. The lowest BCUT2D eigenvalue weighted by Crippen LogP contribution is -2.29. The highest BCUT2D eigenvalue weighted by molar-refractivity contribution is 5.94. The molecule has 0 amide bonds. The number of fused-ring (bicyclic) bond motifs is 2. The largest absolute Gasteiger partial charge is 0.465 e. The van der Waals surface area contributed by atoms with Crippen molar-refractivity contribution < 1.29 is 9.53 Å². The number of carbonyl (C=O) groups is 1. The molecule has 2 aliphatic heterocycles. The fraction of sp³-hybridized carbons (Fsp3) is 0.150. The Hall–Kier alpha value is -3.81. The van der Waals surface area contributed by atoms with Crippen LogP contribution in [0.1, 0.15) is 15.9 Å². The highest BCUT2D eigenvalue weighted by Crippen LogP contribution is 2.22. The van der Waals surface area contributed by atoms with E-state index in [2.05, 4.69) is 15.0 Å². The fourth-order valence-electron chi connectivity index (χ4n) is 3.16. The Bertz CT molecular complexity index is 1260. The normalized spacial score (nSPS) is 11.0. The molecule has 140 valence electrons. The van der Waals surface area contributed by atoms with Gasteiger partial charge in [-0.25, -0.2) is 14.6 Å². The van der Waals surface area contributed by atoms with Gasteiger partial charge in [-0.3, -0.25) is 9.78 Å². The standard InChI is InChI=1S/C20H16N4O4/c1-28-19(26)13-7-8-15-14(11-13)21-16-17(22-20(27)23-18(16)25)24(15)10-9-12-5-3-2-4-6-12/h2-8,11H,9-10H2,1H3,(H,23,25,27). The summed E-state index contributed by atoms with van der Waals surface area (Å²) in [7, 11) is 1.30. The van der Waals surface area contributed by atoms with Gasteiger partial charge in [0, 0.05) is 6.54 Å². The van der Waals surface area contributed by atoms with Gasteiger partial charge >= 0.3 is 11.7 Å². The van der Waals surface area contributed by atoms with Gasteiger partial charge in [-0.2, -0.15) is 4.98 Å². The molecule has 0 fully saturated rings. The molecule has 2 aromatic rings. The number of esters is 1. The highest BCUT2D eigenvalue weighted by atomic mass is 16.5. The number of carbonyl (C=O) groups excluding carboxylic acids is 1. The van der Waals surface area contributed by atoms with Gasteiger partial charge in [-0.05, 0) is 30.2 Å². The minimum Gasteiger partial charge on any atom is -0.465 e. The van der Waals surface area contributed by atoms with Gasteiger partial charge in [-0.15, -0.1) is 0 Å². The van der Waals surface area contributed by atoms with Crippen molar-refractivity contribution >= 4 is 17.0 Å². The number of aromatic nitrogens is 4. The van der Waals surface area contributed by atoms with Crippen molar-refractivity contribution in [2.24, 2.45) is 0 Å². The lowest BCUT2D eigenvalue weighted by atomic mass is 10.1. The molecule has 0 spiro atoms. The Kier molecular flexibility index (Phi) is 4.44. The first-order chi connectivity index (χ1) is 13.6. The second kappa shape index (κ2) is 7.07. The van der Waals surface area contributed by atoms with Gasteiger partial charge < -0.3 is 9.30 Å². The predicted molar refractivity (Wildman–Crippen MR) is 103 cm³/mol. The average Bonchev–Trinajstić information content (AvgIpc) is 2.71. The minimum atomic E-state index is -0.724. The molecule has 0 saturated heterocycles. The second-order valence-electron chi connectivity index (χ2n) is 6.24. The third-order valence-electron chi connectivity index (χ3n) is 4.50. The molecule has 0 radical (unpaired) electrons. The van der Waals surface area contributed by atoms with Crippen LogP contribution in [0.25, 0.3) is 22.6 Å². The van der Waals surface area contributed by atoms with Crippen molar-refractivity contribution in [2.45, 2.75) is 13.0 Å². The van der Waals surface area contributed by atoms with E-state index in [1.165, 1.54) is 7.11 Å². The van der Waals surface area contributed by atoms with Crippen LogP contribution in [0.5, 0.6) is 0 Å². The third kappa shape index (κ3) is 3.16. The Labute approximate surface area is 158 Å². The summed E-state index contributed by atoms with van der Waals surface area (Å²) in [5, 5.41) is 0. The fourth-order valence-corrected chi connectivity index (χ4v) is 3.16. The van der Waals surface area contributed by atoms with E-state index >= 15 is 0 Å². The molecule has 4 rings (SSSR count). The Morgan fingerprint density at radius 3 is 2.64 bits per heavy atom. The van der Waals surface area contributed by atoms with E-state index in [0.29, 0.717) is 29.6 Å². The first-order valence-electron chi connectivity index (χ1n) is 8.63. The summed E-state index contributed by atoms with van der Waals surface area (Å²) < 4.78 is 6.53. The number of aromatic amines is 1. The molecule has 0 aliphatic carbocycles. The maximum absolute atomic E-state index is 12.3. The lowest BCUT2D eigenvalue weighted by Gasteiger charge is -2.17. The summed E-state index contributed by atoms with van der Waals surface area (Å²) in [4.78, 5) is 46.4. The van der Waals surface area contributed by atoms with Gasteiger partial charge in [0.2, 0.25) is 0 Å². The summed E-state index contributed by atoms with van der Waals surface area (Å²) >= 11 is 0. The first kappa shape index (κ1) is 17.6. The number of rotatable bonds is 4. The number of benzene rings is 2. The number of ether oxygens (including phenoxy) is 1. The summed E-state index contributed by atoms with van der Waals surface area (Å²) in [6.45, 7) is 0.479. The van der Waals surface area contributed by atoms with E-state index in [-0.39, 0.29) is 11.5 Å². The monoisotopic (exact) mass is 376 g/mol. The molecule has 0 aromatic heterocycles. The van der Waals surface area contributed by atoms with E-state index in [9.17, 15) is 14.4 Å². The molecular weight excluding hydrogens is 360 g/mol. The number of nitrogens with zero attached hydrogens (tertiary/aromatic N) is 3. The van der Waals surface area contributed by atoms with E-state index in [0.717, 1.165) is 5.56 Å². The van der Waals surface area contributed by atoms with Crippen LogP contribution >= 0.6 is 0 Å². The van der Waals surface area contributed by atoms with Crippen molar-refractivity contribution in [1.82, 2.24) is 19.5 Å². The average molecular weight is 376 g/mol. The van der Waals surface area contributed by atoms with Crippen LogP contribution in [0.3, 0.4) is 0 Å². The Balaban J connectivity index is 1.93. The first-order valence-corrected chi connectivity index (χ1v) is 8.63. The maximum Gasteiger partial charge on any atom is 0.349 e. The molecule has 2 aromatic carbocycles. The molecule has 0 saturated carbocycles. The van der Waals surface area contributed by atoms with E-state index in [4.69, 9.17) is 4.74 Å². The summed E-state index contributed by atoms with van der Waals surface area (Å²) in [6.07, 6.45) is 0.668. The highest BCUT2D eigenvalue weighted by Gasteiger charge is 2.19. The van der Waals surface area contributed by atoms with Crippen LogP contribution in [0.2, 0.25) is 0 Å². The summed E-state index contributed by atoms with van der Waals surface area (Å²) in [5.74, 6) is -0.287. The smallest absolute Gasteiger partial charge is 0.349 e. The van der Waals surface area contributed by atoms with Crippen molar-refractivity contribution in [2.75, 3.05) is 7.11 Å². The minimum absolute atomic E-state index is 0.0437. The Morgan fingerprint density at radius 1 is 1.11 bits per heavy atom. The summed E-state index contributed by atoms with van der Waals surface area (Å²) in [5.41, 5.74) is 1.23. The SMILES string of the molecule is COC(=O)c1ccc2c(c1)nc1c(=O)[nH]c(=O)nc-1n2CCc1ccccc1. The van der Waals surface area contributed by atoms with Crippen LogP contribution in [0.4, 0.5) is 0 Å². The molecule has 1 N–H and O–H groups in total. The van der Waals surface area contributed by atoms with Crippen LogP contribution in [0.15, 0.2) is 58.1 Å². The van der Waals surface area contributed by atoms with Crippen LogP contribution < -0.4 is 11.2 Å². The number of nitrogens with one attached hydrogen (secondary N) is 1. The van der Waals surface area contributed by atoms with Gasteiger partial charge in [0.15, 0.2) is 11.5 Å². The topological polar surface area (TPSA) is 107 Å². The molecule has 8 heteroatoms. The maximum atomic E-state index is 12.3. The van der Waals surface area contributed by atoms with Crippen molar-refractivity contribution in [3.63, 3.8) is 0 Å². The van der Waals surface area contributed by atoms with Gasteiger partial charge in [0.05, 0.1) is 23.7 Å². The molecule has 0 bridgehead atoms. The lowest BCUT2D eigenvalue weighted by molar-refractivity contribution is 0.0601. The number of aryl methyl sites for hydroxylation is 2. The van der Waals surface area contributed by atoms with Gasteiger partial charge in [0.25, 0.3) is 5.56 Å². The van der Waals surface area contributed by atoms with E-state index in [1.54, 1.807) is 22.8 Å². The molecule has 8 nitrogen and oxygen atoms in total. The molecule has 28 heavy (non-hydrogen) atoms. The van der Waals surface area contributed by atoms with Gasteiger partial charge in [-0.1, -0.05) is 30.3 Å². The number of hydrogen-bond donors (Lipinski definition) is 1. The zero-order chi connectivity index (χ0) is 19.7. The second-order valence-corrected chi connectivity index (χ2v) is 6.24. The third-order valence-corrected chi connectivity index (χ3v) is 4.50. The van der Waals surface area contributed by atoms with E-state index < -0.39 is 17.2 Å². The van der Waals surface area contributed by atoms with Crippen molar-refractivity contribution in [3.05, 3.63) is 80.5 Å². The zero-order valence-corrected chi connectivity index (χ0v) is 15.0. The molecular formula is C20H16N4O4. The van der Waals surface area contributed by atoms with Crippen LogP contribution in [-0.4, -0.2) is 32.6 Å². The van der Waals surface area contributed by atoms with E-state index in [1.807, 2.05) is 30.3 Å². The quantitative estimate of drug-likeness (QED) is 0.428. The van der Waals surface area contributed by atoms with Crippen LogP contribution in [-0.2, 0) is 17.7 Å². The van der Waals surface area contributed by atoms with Crippen LogP contribution in [0, 0.1) is 0 Å². The Morgan fingerprint density at radius 2 is 1.89 bits per heavy atom. The number of hydrogen-bond acceptors (Lipinski definition) is 6. The molecule has 0 unspecified atom stereocenters. The summed E-state index contributed by atoms with van der Waals surface area (Å²) in [6, 6.07) is 14.7.